The summed E-state index contributed by atoms with van der Waals surface area (Å²) in [5, 5.41) is 5.65. The minimum atomic E-state index is 0.318. The van der Waals surface area contributed by atoms with Crippen molar-refractivity contribution in [1.82, 2.24) is 4.98 Å². The van der Waals surface area contributed by atoms with Crippen molar-refractivity contribution in [3.05, 3.63) is 44.7 Å². The zero-order valence-corrected chi connectivity index (χ0v) is 13.2. The number of pyridine rings is 1. The van der Waals surface area contributed by atoms with E-state index in [-0.39, 0.29) is 0 Å². The normalized spacial score (nSPS) is 12.7. The number of hydrogen-bond acceptors (Lipinski definition) is 3. The van der Waals surface area contributed by atoms with E-state index < -0.39 is 0 Å². The van der Waals surface area contributed by atoms with Crippen LogP contribution < -0.4 is 5.32 Å². The summed E-state index contributed by atoms with van der Waals surface area (Å²) in [5.74, 6) is 1.46. The van der Waals surface area contributed by atoms with Gasteiger partial charge in [0, 0.05) is 9.35 Å². The predicted molar refractivity (Wildman–Crippen MR) is 82.2 cm³/mol. The number of rotatable bonds is 4. The van der Waals surface area contributed by atoms with Crippen molar-refractivity contribution in [2.45, 2.75) is 26.8 Å². The lowest BCUT2D eigenvalue weighted by Gasteiger charge is -2.22. The van der Waals surface area contributed by atoms with E-state index in [1.54, 1.807) is 11.3 Å². The molecule has 0 radical (unpaired) electrons. The summed E-state index contributed by atoms with van der Waals surface area (Å²) in [4.78, 5) is 5.91. The molecule has 96 valence electrons. The maximum absolute atomic E-state index is 4.55. The van der Waals surface area contributed by atoms with Crippen LogP contribution in [0.4, 0.5) is 5.82 Å². The highest BCUT2D eigenvalue weighted by Crippen LogP contribution is 2.29. The average Bonchev–Trinajstić information content (AvgIpc) is 2.83. The van der Waals surface area contributed by atoms with Crippen LogP contribution in [0.2, 0.25) is 0 Å². The molecule has 1 atom stereocenters. The van der Waals surface area contributed by atoms with Crippen LogP contribution in [0.15, 0.2) is 34.1 Å². The molecule has 0 aromatic carbocycles. The van der Waals surface area contributed by atoms with Gasteiger partial charge in [0.2, 0.25) is 0 Å². The van der Waals surface area contributed by atoms with Crippen LogP contribution in [-0.2, 0) is 0 Å². The molecule has 2 aromatic rings. The van der Waals surface area contributed by atoms with Crippen molar-refractivity contribution < 1.29 is 0 Å². The van der Waals surface area contributed by atoms with Crippen molar-refractivity contribution >= 4 is 33.1 Å². The zero-order valence-electron chi connectivity index (χ0n) is 10.8. The Kier molecular flexibility index (Phi) is 4.40. The van der Waals surface area contributed by atoms with Gasteiger partial charge in [0.15, 0.2) is 0 Å². The lowest BCUT2D eigenvalue weighted by atomic mass is 10.0. The summed E-state index contributed by atoms with van der Waals surface area (Å²) < 4.78 is 1.05. The predicted octanol–water partition coefficient (Wildman–Crippen LogP) is 5.02. The Morgan fingerprint density at radius 2 is 2.06 bits per heavy atom. The first-order chi connectivity index (χ1) is 8.58. The lowest BCUT2D eigenvalue weighted by molar-refractivity contribution is 0.552. The standard InChI is InChI=1S/C14H17BrN2S/c1-9(2)14(12-5-4-8-18-12)17-13-7-6-11(15)10(3)16-13/h4-9,14H,1-3H3,(H,16,17). The molecular weight excluding hydrogens is 308 g/mol. The van der Waals surface area contributed by atoms with Gasteiger partial charge in [-0.05, 0) is 52.4 Å². The summed E-state index contributed by atoms with van der Waals surface area (Å²) >= 11 is 5.26. The second kappa shape index (κ2) is 5.85. The SMILES string of the molecule is Cc1nc(NC(c2cccs2)C(C)C)ccc1Br. The van der Waals surface area contributed by atoms with Gasteiger partial charge >= 0.3 is 0 Å². The molecule has 0 aliphatic carbocycles. The third-order valence-corrected chi connectivity index (χ3v) is 4.63. The maximum Gasteiger partial charge on any atom is 0.126 e. The summed E-state index contributed by atoms with van der Waals surface area (Å²) in [7, 11) is 0. The number of nitrogens with one attached hydrogen (secondary N) is 1. The minimum absolute atomic E-state index is 0.318. The summed E-state index contributed by atoms with van der Waals surface area (Å²) in [6.45, 7) is 6.46. The van der Waals surface area contributed by atoms with Gasteiger partial charge in [-0.25, -0.2) is 4.98 Å². The van der Waals surface area contributed by atoms with Crippen LogP contribution in [0.3, 0.4) is 0 Å². The number of thiophene rings is 1. The van der Waals surface area contributed by atoms with E-state index in [4.69, 9.17) is 0 Å². The van der Waals surface area contributed by atoms with Crippen LogP contribution in [-0.4, -0.2) is 4.98 Å². The number of nitrogens with zero attached hydrogens (tertiary/aromatic N) is 1. The van der Waals surface area contributed by atoms with Crippen LogP contribution in [0.1, 0.15) is 30.5 Å². The molecule has 0 spiro atoms. The monoisotopic (exact) mass is 324 g/mol. The van der Waals surface area contributed by atoms with Crippen molar-refractivity contribution in [1.29, 1.82) is 0 Å². The fraction of sp³-hybridized carbons (Fsp3) is 0.357. The first-order valence-corrected chi connectivity index (χ1v) is 7.68. The molecule has 2 heterocycles. The Labute approximate surface area is 121 Å². The maximum atomic E-state index is 4.55. The van der Waals surface area contributed by atoms with E-state index in [9.17, 15) is 0 Å². The fourth-order valence-corrected chi connectivity index (χ4v) is 2.99. The summed E-state index contributed by atoms with van der Waals surface area (Å²) in [6.07, 6.45) is 0. The fourth-order valence-electron chi connectivity index (χ4n) is 1.82. The van der Waals surface area contributed by atoms with Crippen LogP contribution in [0.5, 0.6) is 0 Å². The van der Waals surface area contributed by atoms with Crippen molar-refractivity contribution in [2.24, 2.45) is 5.92 Å². The molecule has 1 N–H and O–H groups in total. The molecule has 18 heavy (non-hydrogen) atoms. The smallest absolute Gasteiger partial charge is 0.126 e. The Morgan fingerprint density at radius 1 is 1.28 bits per heavy atom. The quantitative estimate of drug-likeness (QED) is 0.853. The van der Waals surface area contributed by atoms with Gasteiger partial charge in [-0.3, -0.25) is 0 Å². The van der Waals surface area contributed by atoms with Crippen molar-refractivity contribution in [3.63, 3.8) is 0 Å². The minimum Gasteiger partial charge on any atom is -0.362 e. The first kappa shape index (κ1) is 13.6. The molecule has 0 bridgehead atoms. The van der Waals surface area contributed by atoms with Gasteiger partial charge in [-0.2, -0.15) is 0 Å². The van der Waals surface area contributed by atoms with Crippen LogP contribution in [0, 0.1) is 12.8 Å². The van der Waals surface area contributed by atoms with E-state index in [0.717, 1.165) is 16.0 Å². The first-order valence-electron chi connectivity index (χ1n) is 6.01. The molecule has 1 unspecified atom stereocenters. The molecule has 0 aliphatic heterocycles. The Balaban J connectivity index is 2.21. The van der Waals surface area contributed by atoms with Crippen molar-refractivity contribution in [2.75, 3.05) is 5.32 Å². The molecule has 0 aliphatic rings. The summed E-state index contributed by atoms with van der Waals surface area (Å²) in [5.41, 5.74) is 1.01. The molecule has 2 rings (SSSR count). The van der Waals surface area contributed by atoms with Crippen molar-refractivity contribution in [3.8, 4) is 0 Å². The third-order valence-electron chi connectivity index (χ3n) is 2.84. The third kappa shape index (κ3) is 3.12. The average molecular weight is 325 g/mol. The Hall–Kier alpha value is -0.870. The summed E-state index contributed by atoms with van der Waals surface area (Å²) in [6, 6.07) is 8.64. The largest absolute Gasteiger partial charge is 0.362 e. The molecule has 2 aromatic heterocycles. The van der Waals surface area contributed by atoms with Gasteiger partial charge in [0.1, 0.15) is 5.82 Å². The van der Waals surface area contributed by atoms with E-state index in [1.165, 1.54) is 4.88 Å². The number of aromatic nitrogens is 1. The van der Waals surface area contributed by atoms with E-state index in [0.29, 0.717) is 12.0 Å². The van der Waals surface area contributed by atoms with Gasteiger partial charge in [0.25, 0.3) is 0 Å². The molecule has 0 amide bonds. The highest BCUT2D eigenvalue weighted by molar-refractivity contribution is 9.10. The number of hydrogen-bond donors (Lipinski definition) is 1. The van der Waals surface area contributed by atoms with Gasteiger partial charge in [-0.15, -0.1) is 11.3 Å². The molecule has 2 nitrogen and oxygen atoms in total. The highest BCUT2D eigenvalue weighted by atomic mass is 79.9. The van der Waals surface area contributed by atoms with Gasteiger partial charge < -0.3 is 5.32 Å². The van der Waals surface area contributed by atoms with Crippen LogP contribution in [0.25, 0.3) is 0 Å². The molecule has 4 heteroatoms. The Morgan fingerprint density at radius 3 is 2.61 bits per heavy atom. The van der Waals surface area contributed by atoms with E-state index in [2.05, 4.69) is 57.6 Å². The second-order valence-electron chi connectivity index (χ2n) is 4.65. The highest BCUT2D eigenvalue weighted by Gasteiger charge is 2.17. The van der Waals surface area contributed by atoms with Gasteiger partial charge in [-0.1, -0.05) is 19.9 Å². The zero-order chi connectivity index (χ0) is 13.1. The topological polar surface area (TPSA) is 24.9 Å². The lowest BCUT2D eigenvalue weighted by Crippen LogP contribution is -2.16. The Bertz CT molecular complexity index is 509. The van der Waals surface area contributed by atoms with Crippen LogP contribution >= 0.6 is 27.3 Å². The molecule has 0 saturated carbocycles. The second-order valence-corrected chi connectivity index (χ2v) is 6.48. The number of anilines is 1. The molecular formula is C14H17BrN2S. The van der Waals surface area contributed by atoms with E-state index in [1.807, 2.05) is 19.1 Å². The number of halogens is 1. The van der Waals surface area contributed by atoms with E-state index >= 15 is 0 Å². The van der Waals surface area contributed by atoms with Gasteiger partial charge in [0.05, 0.1) is 11.7 Å². The molecule has 0 saturated heterocycles. The molecule has 0 fully saturated rings. The number of aryl methyl sites for hydroxylation is 1.